The lowest BCUT2D eigenvalue weighted by atomic mass is 10.1. The van der Waals surface area contributed by atoms with Crippen LogP contribution in [0, 0.1) is 6.92 Å². The summed E-state index contributed by atoms with van der Waals surface area (Å²) in [4.78, 5) is 11.1. The summed E-state index contributed by atoms with van der Waals surface area (Å²) in [6.07, 6.45) is 0.907. The van der Waals surface area contributed by atoms with Crippen molar-refractivity contribution in [3.8, 4) is 0 Å². The van der Waals surface area contributed by atoms with Crippen molar-refractivity contribution < 1.29 is 0 Å². The standard InChI is InChI=1S/C19H29N5S/c1-5-24(4)13-17-8-6-7-16(11-17)12-22-19(20-3)21-10-9-18-14-25-15(2)23-18/h6-8,11,14H,5,9-10,12-13H2,1-4H3,(H2,20,21,22). The molecule has 5 nitrogen and oxygen atoms in total. The minimum Gasteiger partial charge on any atom is -0.356 e. The number of aliphatic imine (C=N–C) groups is 1. The molecule has 2 N–H and O–H groups in total. The Morgan fingerprint density at radius 2 is 2.08 bits per heavy atom. The molecule has 0 amide bonds. The first-order valence-electron chi connectivity index (χ1n) is 8.72. The maximum absolute atomic E-state index is 4.48. The molecule has 0 fully saturated rings. The van der Waals surface area contributed by atoms with E-state index in [9.17, 15) is 0 Å². The summed E-state index contributed by atoms with van der Waals surface area (Å²) in [5.74, 6) is 0.822. The highest BCUT2D eigenvalue weighted by atomic mass is 32.1. The average molecular weight is 360 g/mol. The van der Waals surface area contributed by atoms with Gasteiger partial charge in [0.2, 0.25) is 0 Å². The van der Waals surface area contributed by atoms with Gasteiger partial charge in [-0.05, 0) is 31.6 Å². The van der Waals surface area contributed by atoms with Crippen molar-refractivity contribution in [2.45, 2.75) is 33.4 Å². The van der Waals surface area contributed by atoms with Gasteiger partial charge in [-0.2, -0.15) is 0 Å². The van der Waals surface area contributed by atoms with Crippen molar-refractivity contribution in [3.63, 3.8) is 0 Å². The second kappa shape index (κ2) is 10.2. The first-order chi connectivity index (χ1) is 12.1. The van der Waals surface area contributed by atoms with Gasteiger partial charge in [0, 0.05) is 38.5 Å². The van der Waals surface area contributed by atoms with Gasteiger partial charge >= 0.3 is 0 Å². The molecule has 0 atom stereocenters. The van der Waals surface area contributed by atoms with Crippen molar-refractivity contribution in [1.29, 1.82) is 0 Å². The number of nitrogens with one attached hydrogen (secondary N) is 2. The first-order valence-corrected chi connectivity index (χ1v) is 9.60. The van der Waals surface area contributed by atoms with E-state index in [4.69, 9.17) is 0 Å². The van der Waals surface area contributed by atoms with E-state index in [1.54, 1.807) is 18.4 Å². The number of rotatable bonds is 8. The summed E-state index contributed by atoms with van der Waals surface area (Å²) in [5.41, 5.74) is 3.74. The van der Waals surface area contributed by atoms with Crippen LogP contribution in [0.1, 0.15) is 28.8 Å². The molecule has 0 radical (unpaired) electrons. The molecule has 0 bridgehead atoms. The van der Waals surface area contributed by atoms with Gasteiger partial charge in [-0.1, -0.05) is 31.2 Å². The fraction of sp³-hybridized carbons (Fsp3) is 0.474. The van der Waals surface area contributed by atoms with Crippen molar-refractivity contribution in [3.05, 3.63) is 51.5 Å². The SMILES string of the molecule is CCN(C)Cc1cccc(CNC(=NC)NCCc2csc(C)n2)c1. The minimum atomic E-state index is 0.763. The van der Waals surface area contributed by atoms with E-state index in [1.165, 1.54) is 11.1 Å². The zero-order valence-corrected chi connectivity index (χ0v) is 16.5. The number of hydrogen-bond acceptors (Lipinski definition) is 4. The van der Waals surface area contributed by atoms with Gasteiger partial charge in [-0.15, -0.1) is 11.3 Å². The Bertz CT molecular complexity index is 680. The molecule has 0 saturated heterocycles. The fourth-order valence-electron chi connectivity index (χ4n) is 2.50. The summed E-state index contributed by atoms with van der Waals surface area (Å²) in [6.45, 7) is 7.83. The molecule has 0 aliphatic carbocycles. The van der Waals surface area contributed by atoms with Gasteiger partial charge in [-0.3, -0.25) is 4.99 Å². The number of aryl methyl sites for hydroxylation is 1. The molecule has 1 aromatic heterocycles. The molecule has 0 aliphatic heterocycles. The van der Waals surface area contributed by atoms with Gasteiger partial charge in [0.25, 0.3) is 0 Å². The molecule has 136 valence electrons. The molecule has 2 rings (SSSR count). The van der Waals surface area contributed by atoms with Crippen molar-refractivity contribution in [2.75, 3.05) is 27.2 Å². The van der Waals surface area contributed by atoms with Crippen LogP contribution < -0.4 is 10.6 Å². The van der Waals surface area contributed by atoms with E-state index < -0.39 is 0 Å². The van der Waals surface area contributed by atoms with Crippen molar-refractivity contribution in [1.82, 2.24) is 20.5 Å². The van der Waals surface area contributed by atoms with E-state index in [1.807, 2.05) is 6.92 Å². The molecule has 1 aromatic carbocycles. The number of aromatic nitrogens is 1. The van der Waals surface area contributed by atoms with Crippen molar-refractivity contribution in [2.24, 2.45) is 4.99 Å². The maximum Gasteiger partial charge on any atom is 0.191 e. The summed E-state index contributed by atoms with van der Waals surface area (Å²) in [6, 6.07) is 8.70. The molecule has 1 heterocycles. The molecule has 0 saturated carbocycles. The summed E-state index contributed by atoms with van der Waals surface area (Å²) >= 11 is 1.70. The quantitative estimate of drug-likeness (QED) is 0.562. The van der Waals surface area contributed by atoms with E-state index in [-0.39, 0.29) is 0 Å². The number of nitrogens with zero attached hydrogens (tertiary/aromatic N) is 3. The topological polar surface area (TPSA) is 52.5 Å². The van der Waals surface area contributed by atoms with Crippen LogP contribution in [-0.2, 0) is 19.5 Å². The van der Waals surface area contributed by atoms with Crippen LogP contribution in [0.4, 0.5) is 0 Å². The largest absolute Gasteiger partial charge is 0.356 e. The lowest BCUT2D eigenvalue weighted by Crippen LogP contribution is -2.37. The lowest BCUT2D eigenvalue weighted by molar-refractivity contribution is 0.345. The summed E-state index contributed by atoms with van der Waals surface area (Å²) < 4.78 is 0. The first kappa shape index (κ1) is 19.4. The summed E-state index contributed by atoms with van der Waals surface area (Å²) in [7, 11) is 3.94. The molecule has 0 spiro atoms. The second-order valence-electron chi connectivity index (χ2n) is 6.11. The normalized spacial score (nSPS) is 11.8. The molecule has 0 aliphatic rings. The zero-order valence-electron chi connectivity index (χ0n) is 15.7. The molecular weight excluding hydrogens is 330 g/mol. The average Bonchev–Trinajstić information content (AvgIpc) is 3.03. The highest BCUT2D eigenvalue weighted by Crippen LogP contribution is 2.08. The van der Waals surface area contributed by atoms with Gasteiger partial charge < -0.3 is 15.5 Å². The van der Waals surface area contributed by atoms with Crippen molar-refractivity contribution >= 4 is 17.3 Å². The molecule has 2 aromatic rings. The highest BCUT2D eigenvalue weighted by Gasteiger charge is 2.03. The van der Waals surface area contributed by atoms with Crippen LogP contribution in [-0.4, -0.2) is 43.0 Å². The molecule has 25 heavy (non-hydrogen) atoms. The smallest absolute Gasteiger partial charge is 0.191 e. The van der Waals surface area contributed by atoms with E-state index in [0.717, 1.165) is 49.3 Å². The number of hydrogen-bond donors (Lipinski definition) is 2. The molecular formula is C19H29N5S. The lowest BCUT2D eigenvalue weighted by Gasteiger charge is -2.15. The van der Waals surface area contributed by atoms with Crippen LogP contribution in [0.15, 0.2) is 34.6 Å². The monoisotopic (exact) mass is 359 g/mol. The Morgan fingerprint density at radius 3 is 2.76 bits per heavy atom. The Hall–Kier alpha value is -1.92. The number of guanidine groups is 1. The van der Waals surface area contributed by atoms with Crippen LogP contribution in [0.25, 0.3) is 0 Å². The number of thiazole rings is 1. The van der Waals surface area contributed by atoms with E-state index in [2.05, 4.69) is 69.1 Å². The van der Waals surface area contributed by atoms with Crippen LogP contribution >= 0.6 is 11.3 Å². The maximum atomic E-state index is 4.48. The third-order valence-electron chi connectivity index (χ3n) is 4.01. The minimum absolute atomic E-state index is 0.763. The van der Waals surface area contributed by atoms with E-state index >= 15 is 0 Å². The summed E-state index contributed by atoms with van der Waals surface area (Å²) in [5, 5.41) is 9.96. The highest BCUT2D eigenvalue weighted by molar-refractivity contribution is 7.09. The Kier molecular flexibility index (Phi) is 7.88. The van der Waals surface area contributed by atoms with Crippen LogP contribution in [0.2, 0.25) is 0 Å². The predicted molar refractivity (Wildman–Crippen MR) is 107 cm³/mol. The Morgan fingerprint density at radius 1 is 1.28 bits per heavy atom. The van der Waals surface area contributed by atoms with Gasteiger partial charge in [0.15, 0.2) is 5.96 Å². The molecule has 0 unspecified atom stereocenters. The van der Waals surface area contributed by atoms with Crippen LogP contribution in [0.5, 0.6) is 0 Å². The zero-order chi connectivity index (χ0) is 18.1. The number of benzene rings is 1. The Balaban J connectivity index is 1.79. The fourth-order valence-corrected chi connectivity index (χ4v) is 3.15. The van der Waals surface area contributed by atoms with E-state index in [0.29, 0.717) is 0 Å². The predicted octanol–water partition coefficient (Wildman–Crippen LogP) is 2.81. The molecule has 6 heteroatoms. The van der Waals surface area contributed by atoms with Gasteiger partial charge in [0.05, 0.1) is 10.7 Å². The second-order valence-corrected chi connectivity index (χ2v) is 7.17. The third kappa shape index (κ3) is 6.84. The third-order valence-corrected chi connectivity index (χ3v) is 4.83. The van der Waals surface area contributed by atoms with Crippen LogP contribution in [0.3, 0.4) is 0 Å². The Labute approximate surface area is 155 Å². The van der Waals surface area contributed by atoms with Gasteiger partial charge in [-0.25, -0.2) is 4.98 Å². The van der Waals surface area contributed by atoms with Gasteiger partial charge in [0.1, 0.15) is 0 Å².